The van der Waals surface area contributed by atoms with Crippen molar-refractivity contribution in [3.8, 4) is 0 Å². The number of benzene rings is 2. The molecule has 1 aliphatic rings. The number of aliphatic carboxylic acids is 1. The van der Waals surface area contributed by atoms with Crippen molar-refractivity contribution in [3.63, 3.8) is 0 Å². The first-order chi connectivity index (χ1) is 57.5. The van der Waals surface area contributed by atoms with Gasteiger partial charge in [-0.15, -0.1) is 0 Å². The van der Waals surface area contributed by atoms with Gasteiger partial charge in [-0.05, 0) is 125 Å². The average Bonchev–Trinajstić information content (AvgIpc) is 0.805. The van der Waals surface area contributed by atoms with E-state index < -0.39 is 118 Å². The molecule has 0 bridgehead atoms. The number of hydrogen-bond acceptors (Lipinski definition) is 24. The monoisotopic (exact) mass is 1730 g/mol. The summed E-state index contributed by atoms with van der Waals surface area (Å²) in [5.41, 5.74) is 7.33. The highest BCUT2D eigenvalue weighted by Crippen LogP contribution is 2.36. The predicted octanol–water partition coefficient (Wildman–Crippen LogP) is 1.09. The summed E-state index contributed by atoms with van der Waals surface area (Å²) in [6.45, 7) is 3.87. The molecular formula is C77H117N15O26P2. The average molecular weight is 1730 g/mol. The van der Waals surface area contributed by atoms with Crippen molar-refractivity contribution in [2.75, 3.05) is 109 Å². The normalized spacial score (nSPS) is 14.0. The van der Waals surface area contributed by atoms with Crippen LogP contribution in [0.4, 0.5) is 16.2 Å². The Kier molecular flexibility index (Phi) is 50.6. The molecule has 0 aliphatic heterocycles. The second kappa shape index (κ2) is 59.5. The van der Waals surface area contributed by atoms with Crippen molar-refractivity contribution in [2.45, 2.75) is 184 Å². The molecule has 4 rings (SSSR count). The van der Waals surface area contributed by atoms with Gasteiger partial charge in [-0.2, -0.15) is 0 Å². The van der Waals surface area contributed by atoms with Gasteiger partial charge >= 0.3 is 28.5 Å². The lowest BCUT2D eigenvalue weighted by molar-refractivity contribution is -0.277. The highest BCUT2D eigenvalue weighted by atomic mass is 31.1. The number of pyridine rings is 1. The number of para-hydroxylation sites is 1. The van der Waals surface area contributed by atoms with E-state index in [9.17, 15) is 86.5 Å². The molecule has 1 fully saturated rings. The molecule has 43 heteroatoms. The molecule has 3 aromatic rings. The molecule has 1 heterocycles. The van der Waals surface area contributed by atoms with Crippen molar-refractivity contribution in [2.24, 2.45) is 5.73 Å². The highest BCUT2D eigenvalue weighted by Gasteiger charge is 2.43. The maximum atomic E-state index is 14.4. The third-order valence-corrected chi connectivity index (χ3v) is 19.1. The van der Waals surface area contributed by atoms with Gasteiger partial charge in [0.1, 0.15) is 23.7 Å². The Bertz CT molecular complexity index is 3810. The van der Waals surface area contributed by atoms with Crippen LogP contribution in [-0.2, 0) is 106 Å². The molecule has 120 heavy (non-hydrogen) atoms. The lowest BCUT2D eigenvalue weighted by atomic mass is 9.80. The number of carboxylic acid groups (broad SMARTS) is 1. The number of amides is 14. The van der Waals surface area contributed by atoms with Crippen LogP contribution in [0.3, 0.4) is 0 Å². The van der Waals surface area contributed by atoms with Gasteiger partial charge in [-0.25, -0.2) is 4.79 Å². The fraction of sp³-hybridized carbons (Fsp3) is 0.571. The van der Waals surface area contributed by atoms with Gasteiger partial charge in [0.15, 0.2) is 0 Å². The third kappa shape index (κ3) is 47.0. The molecule has 5 atom stereocenters. The van der Waals surface area contributed by atoms with Gasteiger partial charge < -0.3 is 114 Å². The van der Waals surface area contributed by atoms with E-state index in [0.29, 0.717) is 55.5 Å². The number of urea groups is 1. The summed E-state index contributed by atoms with van der Waals surface area (Å²) in [5.74, 6) is -10.3. The topological polar surface area (TPSA) is 605 Å². The third-order valence-electron chi connectivity index (χ3n) is 18.1. The number of aliphatic hydroxyl groups is 1. The largest absolute Gasteiger partial charge is 0.481 e. The summed E-state index contributed by atoms with van der Waals surface area (Å²) < 4.78 is 52.5. The van der Waals surface area contributed by atoms with Crippen molar-refractivity contribution in [1.29, 1.82) is 0 Å². The minimum Gasteiger partial charge on any atom is -0.481 e. The van der Waals surface area contributed by atoms with Crippen LogP contribution in [0.2, 0.25) is 0 Å². The minimum atomic E-state index is -3.74. The van der Waals surface area contributed by atoms with Gasteiger partial charge in [0.05, 0.1) is 59.3 Å². The molecule has 2 unspecified atom stereocenters. The second-order valence-electron chi connectivity index (χ2n) is 27.8. The number of unbranched alkanes of at least 4 members (excludes halogenated alkanes) is 2. The van der Waals surface area contributed by atoms with Gasteiger partial charge in [-0.1, -0.05) is 55.7 Å². The van der Waals surface area contributed by atoms with Crippen LogP contribution in [0.15, 0.2) is 79.1 Å². The number of rotatable bonds is 63. The standard InChI is InChI=1S/C77H117N15O26P2/c1-54-14-3-4-16-58(54)91-75(107)87-57-24-21-55(22-25-57)52-69(100)89-60(18-6-10-38-80-62(93)26-23-56-15-12-36-79-53-56)72(104)90-61(19-11-20-70(101)102)73(105)92-76(33-7-2-8-34-76)74(106)86-43-47-116-51-50-115-45-41-84-66(97)30-29-65(96)83-40-44-113-48-49-114-46-42-85-67(98)31-32-68(99)88-59(71(78)103)17-5-9-37-81-63(94)27-28-64(95)82-39-13-35-77(108,117-119(109)110)118-120(111)112/h3-4,12,14-16,21-26,36,53,59-61,108,119-120H,2,5-11,13,17-20,27-35,37-52H2,1H3,(H2,78,103)(H,80,93)(H,81,94)(H,82,95)(H,83,96)(H,84,97)(H,85,98)(H,86,106)(H,88,99)(H,89,100)(H,90,104)(H,92,105)(H,101,102)(H,109,110)(H,111,112)(H2,87,91,107)/b26-23+/t59-,60-,61-/m0/s1. The molecule has 1 aliphatic carbocycles. The minimum absolute atomic E-state index is 0.0176. The van der Waals surface area contributed by atoms with Gasteiger partial charge in [-0.3, -0.25) is 85.5 Å². The van der Waals surface area contributed by atoms with Crippen LogP contribution >= 0.6 is 16.5 Å². The van der Waals surface area contributed by atoms with Crippen LogP contribution in [0.25, 0.3) is 6.08 Å². The van der Waals surface area contributed by atoms with Crippen LogP contribution in [0, 0.1) is 6.92 Å². The van der Waals surface area contributed by atoms with Gasteiger partial charge in [0.2, 0.25) is 70.9 Å². The summed E-state index contributed by atoms with van der Waals surface area (Å²) >= 11 is 0. The molecular weight excluding hydrogens is 1610 g/mol. The lowest BCUT2D eigenvalue weighted by Crippen LogP contribution is -2.63. The quantitative estimate of drug-likeness (QED) is 0.0163. The first-order valence-corrected chi connectivity index (χ1v) is 42.3. The molecule has 1 saturated carbocycles. The second-order valence-corrected chi connectivity index (χ2v) is 29.3. The summed E-state index contributed by atoms with van der Waals surface area (Å²) in [4.78, 5) is 201. The molecule has 41 nitrogen and oxygen atoms in total. The number of ether oxygens (including phenoxy) is 4. The smallest absolute Gasteiger partial charge is 0.323 e. The Morgan fingerprint density at radius 2 is 1.00 bits per heavy atom. The first-order valence-electron chi connectivity index (χ1n) is 39.8. The van der Waals surface area contributed by atoms with E-state index in [1.54, 1.807) is 67.0 Å². The van der Waals surface area contributed by atoms with E-state index in [4.69, 9.17) is 34.5 Å². The molecule has 0 spiro atoms. The van der Waals surface area contributed by atoms with E-state index in [-0.39, 0.29) is 213 Å². The Labute approximate surface area is 696 Å². The summed E-state index contributed by atoms with van der Waals surface area (Å²) in [7, 11) is -7.47. The van der Waals surface area contributed by atoms with E-state index in [1.165, 1.54) is 6.08 Å². The summed E-state index contributed by atoms with van der Waals surface area (Å²) in [6.07, 6.45) is 8.28. The number of carbonyl (C=O) groups is 14. The van der Waals surface area contributed by atoms with E-state index >= 15 is 0 Å². The number of hydrogen-bond donors (Lipinski definition) is 18. The SMILES string of the molecule is Cc1ccccc1NC(=O)Nc1ccc(CC(=O)N[C@@H](CCCCNC(=O)/C=C/c2cccnc2)C(=O)N[C@@H](CCCC(=O)O)C(=O)NC2(C(=O)NCCOCCOCCNC(=O)CCC(=O)NCCOCCOCCNC(=O)CCC(=O)N[C@@H](CCCCNC(=O)CCC(=O)NCCCC(O)(O[PH](=O)O)O[PH](=O)O)C(N)=O)CCCCC2)cc1. The number of aryl methyl sites for hydroxylation is 1. The predicted molar refractivity (Wildman–Crippen MR) is 436 cm³/mol. The zero-order valence-electron chi connectivity index (χ0n) is 67.5. The molecule has 0 saturated heterocycles. The molecule has 0 radical (unpaired) electrons. The molecule has 14 amide bonds. The fourth-order valence-electron chi connectivity index (χ4n) is 11.8. The van der Waals surface area contributed by atoms with Crippen LogP contribution in [-0.4, -0.2) is 236 Å². The Morgan fingerprint density at radius 1 is 0.517 bits per heavy atom. The Balaban J connectivity index is 1.06. The molecule has 1 aromatic heterocycles. The highest BCUT2D eigenvalue weighted by molar-refractivity contribution is 7.33. The van der Waals surface area contributed by atoms with Crippen LogP contribution in [0.5, 0.6) is 0 Å². The molecule has 2 aromatic carbocycles. The Morgan fingerprint density at radius 3 is 1.52 bits per heavy atom. The molecule has 19 N–H and O–H groups in total. The maximum Gasteiger partial charge on any atom is 0.323 e. The van der Waals surface area contributed by atoms with Crippen LogP contribution < -0.4 is 74.9 Å². The number of carbonyl (C=O) groups excluding carboxylic acids is 13. The van der Waals surface area contributed by atoms with E-state index in [1.807, 2.05) is 19.1 Å². The maximum absolute atomic E-state index is 14.4. The number of aromatic nitrogens is 1. The summed E-state index contributed by atoms with van der Waals surface area (Å²) in [5, 5.41) is 54.7. The van der Waals surface area contributed by atoms with Crippen molar-refractivity contribution in [1.82, 2.24) is 63.5 Å². The lowest BCUT2D eigenvalue weighted by Gasteiger charge is -2.38. The number of nitrogens with one attached hydrogen (secondary N) is 13. The van der Waals surface area contributed by atoms with Crippen molar-refractivity contribution < 1.29 is 124 Å². The van der Waals surface area contributed by atoms with Crippen molar-refractivity contribution in [3.05, 3.63) is 95.8 Å². The zero-order chi connectivity index (χ0) is 87.8. The number of primary amides is 1. The number of nitrogens with two attached hydrogens (primary N) is 1. The van der Waals surface area contributed by atoms with Crippen molar-refractivity contribution >= 4 is 117 Å². The van der Waals surface area contributed by atoms with Gasteiger partial charge in [0.25, 0.3) is 5.97 Å². The van der Waals surface area contributed by atoms with Gasteiger partial charge in [0, 0.05) is 127 Å². The fourth-order valence-corrected chi connectivity index (χ4v) is 12.7. The van der Waals surface area contributed by atoms with E-state index in [0.717, 1.165) is 17.5 Å². The molecule has 666 valence electrons. The number of carboxylic acids is 1. The van der Waals surface area contributed by atoms with E-state index in [2.05, 4.69) is 83.1 Å². The number of nitrogens with zero attached hydrogens (tertiary/aromatic N) is 1. The zero-order valence-corrected chi connectivity index (χ0v) is 69.5. The van der Waals surface area contributed by atoms with Crippen LogP contribution in [0.1, 0.15) is 158 Å². The summed E-state index contributed by atoms with van der Waals surface area (Å²) in [6, 6.07) is 13.4. The Hall–Kier alpha value is -10.2. The first kappa shape index (κ1) is 102. The number of anilines is 2.